The molecule has 0 spiro atoms. The van der Waals surface area contributed by atoms with Gasteiger partial charge < -0.3 is 15.4 Å². The molecule has 0 aliphatic heterocycles. The number of hydrogen-bond acceptors (Lipinski definition) is 7. The lowest BCUT2D eigenvalue weighted by atomic mass is 10.1. The van der Waals surface area contributed by atoms with E-state index in [-0.39, 0.29) is 17.7 Å². The third kappa shape index (κ3) is 6.21. The fourth-order valence-electron chi connectivity index (χ4n) is 4.03. The molecule has 0 saturated heterocycles. The molecule has 9 nitrogen and oxygen atoms in total. The number of carbonyl (C=O) groups excluding carboxylic acids is 2. The number of alkyl carbamates (subject to hydrolysis) is 1. The fraction of sp³-hybridized carbons (Fsp3) is 0.407. The van der Waals surface area contributed by atoms with Gasteiger partial charge in [-0.1, -0.05) is 19.3 Å². The first-order chi connectivity index (χ1) is 17.3. The number of fused-ring (bicyclic) bond motifs is 6. The number of aromatic nitrogens is 4. The lowest BCUT2D eigenvalue weighted by Gasteiger charge is -2.19. The molecule has 9 heteroatoms. The van der Waals surface area contributed by atoms with Crippen molar-refractivity contribution < 1.29 is 14.3 Å². The summed E-state index contributed by atoms with van der Waals surface area (Å²) in [6.45, 7) is 6.70. The number of benzene rings is 1. The summed E-state index contributed by atoms with van der Waals surface area (Å²) in [7, 11) is 0. The Balaban J connectivity index is 1.26. The summed E-state index contributed by atoms with van der Waals surface area (Å²) in [5, 5.41) is 7.40. The molecular weight excluding hydrogens is 456 g/mol. The van der Waals surface area contributed by atoms with E-state index in [9.17, 15) is 9.59 Å². The van der Waals surface area contributed by atoms with Gasteiger partial charge in [-0.05, 0) is 57.9 Å². The molecule has 0 aliphatic rings. The van der Waals surface area contributed by atoms with Gasteiger partial charge in [-0.3, -0.25) is 19.7 Å². The Labute approximate surface area is 210 Å². The maximum absolute atomic E-state index is 12.7. The Hall–Kier alpha value is -3.88. The molecule has 0 radical (unpaired) electrons. The Kier molecular flexibility index (Phi) is 7.87. The second-order valence-corrected chi connectivity index (χ2v) is 9.70. The van der Waals surface area contributed by atoms with Gasteiger partial charge in [0.2, 0.25) is 0 Å². The van der Waals surface area contributed by atoms with Crippen LogP contribution in [-0.2, 0) is 4.74 Å². The molecule has 0 saturated carbocycles. The predicted octanol–water partition coefficient (Wildman–Crippen LogP) is 4.93. The Morgan fingerprint density at radius 3 is 1.97 bits per heavy atom. The number of pyridine rings is 2. The number of hydrogen-bond donors (Lipinski definition) is 2. The first-order valence-electron chi connectivity index (χ1n) is 12.4. The number of nitrogens with zero attached hydrogens (tertiary/aromatic N) is 4. The molecule has 2 N–H and O–H groups in total. The summed E-state index contributed by atoms with van der Waals surface area (Å²) in [4.78, 5) is 42.6. The maximum atomic E-state index is 12.7. The number of unbranched alkanes of at least 4 members (excludes halogenated alkanes) is 4. The van der Waals surface area contributed by atoms with Crippen LogP contribution in [0.5, 0.6) is 0 Å². The molecule has 1 aromatic carbocycles. The fourth-order valence-corrected chi connectivity index (χ4v) is 4.03. The summed E-state index contributed by atoms with van der Waals surface area (Å²) in [5.74, 6) is -0.241. The predicted molar refractivity (Wildman–Crippen MR) is 140 cm³/mol. The molecule has 0 unspecified atom stereocenters. The molecule has 36 heavy (non-hydrogen) atoms. The molecule has 4 aromatic rings. The van der Waals surface area contributed by atoms with E-state index in [1.54, 1.807) is 12.4 Å². The smallest absolute Gasteiger partial charge is 0.407 e. The summed E-state index contributed by atoms with van der Waals surface area (Å²) in [5.41, 5.74) is 2.66. The second-order valence-electron chi connectivity index (χ2n) is 9.70. The first kappa shape index (κ1) is 25.2. The van der Waals surface area contributed by atoms with Gasteiger partial charge in [0.15, 0.2) is 0 Å². The molecule has 0 bridgehead atoms. The molecular formula is C27H32N6O3. The van der Waals surface area contributed by atoms with Gasteiger partial charge in [-0.15, -0.1) is 0 Å². The van der Waals surface area contributed by atoms with E-state index in [4.69, 9.17) is 4.74 Å². The quantitative estimate of drug-likeness (QED) is 0.253. The van der Waals surface area contributed by atoms with Crippen molar-refractivity contribution in [1.29, 1.82) is 0 Å². The van der Waals surface area contributed by atoms with Gasteiger partial charge in [-0.2, -0.15) is 0 Å². The average Bonchev–Trinajstić information content (AvgIpc) is 2.86. The largest absolute Gasteiger partial charge is 0.444 e. The van der Waals surface area contributed by atoms with Crippen molar-refractivity contribution in [2.45, 2.75) is 58.5 Å². The van der Waals surface area contributed by atoms with Gasteiger partial charge in [-0.25, -0.2) is 9.78 Å². The minimum absolute atomic E-state index is 0.241. The van der Waals surface area contributed by atoms with Gasteiger partial charge in [0.25, 0.3) is 5.91 Å². The van der Waals surface area contributed by atoms with E-state index in [0.717, 1.165) is 53.9 Å². The van der Waals surface area contributed by atoms with Crippen LogP contribution >= 0.6 is 0 Å². The summed E-state index contributed by atoms with van der Waals surface area (Å²) >= 11 is 0. The number of ether oxygens (including phenoxy) is 1. The highest BCUT2D eigenvalue weighted by Gasteiger charge is 2.16. The number of nitrogens with one attached hydrogen (secondary N) is 2. The standard InChI is InChI=1S/C27H32N6O3/c1-27(2,3)36-26(35)31-14-8-6-4-5-7-13-30-25(34)20-17-32-23-18-11-9-15-28-21(18)22-19(24(23)33-20)12-10-16-29-22/h9-12,15-17H,4-8,13-14H2,1-3H3,(H,30,34)(H,31,35). The molecule has 3 heterocycles. The van der Waals surface area contributed by atoms with Gasteiger partial charge in [0.1, 0.15) is 11.3 Å². The first-order valence-corrected chi connectivity index (χ1v) is 12.4. The highest BCUT2D eigenvalue weighted by molar-refractivity contribution is 6.20. The minimum Gasteiger partial charge on any atom is -0.444 e. The lowest BCUT2D eigenvalue weighted by Crippen LogP contribution is -2.32. The van der Waals surface area contributed by atoms with E-state index in [1.807, 2.05) is 45.0 Å². The molecule has 188 valence electrons. The summed E-state index contributed by atoms with van der Waals surface area (Å²) < 4.78 is 5.21. The van der Waals surface area contributed by atoms with E-state index in [1.165, 1.54) is 6.20 Å². The van der Waals surface area contributed by atoms with Crippen LogP contribution < -0.4 is 10.6 Å². The van der Waals surface area contributed by atoms with Crippen LogP contribution in [0.1, 0.15) is 63.4 Å². The van der Waals surface area contributed by atoms with E-state index >= 15 is 0 Å². The van der Waals surface area contributed by atoms with Crippen LogP contribution in [0.15, 0.2) is 42.9 Å². The van der Waals surface area contributed by atoms with Crippen molar-refractivity contribution in [3.8, 4) is 0 Å². The Bertz CT molecular complexity index is 1350. The molecule has 0 fully saturated rings. The average molecular weight is 489 g/mol. The zero-order valence-corrected chi connectivity index (χ0v) is 21.0. The molecule has 2 amide bonds. The van der Waals surface area contributed by atoms with Crippen molar-refractivity contribution in [3.05, 3.63) is 48.5 Å². The van der Waals surface area contributed by atoms with Crippen LogP contribution in [0.3, 0.4) is 0 Å². The van der Waals surface area contributed by atoms with Crippen LogP contribution in [-0.4, -0.2) is 50.6 Å². The summed E-state index contributed by atoms with van der Waals surface area (Å²) in [6.07, 6.45) is 9.39. The molecule has 0 aliphatic carbocycles. The highest BCUT2D eigenvalue weighted by atomic mass is 16.6. The molecule has 0 atom stereocenters. The monoisotopic (exact) mass is 488 g/mol. The highest BCUT2D eigenvalue weighted by Crippen LogP contribution is 2.30. The molecule has 4 rings (SSSR count). The minimum atomic E-state index is -0.482. The third-order valence-corrected chi connectivity index (χ3v) is 5.66. The van der Waals surface area contributed by atoms with Crippen LogP contribution in [0.4, 0.5) is 4.79 Å². The normalized spacial score (nSPS) is 11.6. The third-order valence-electron chi connectivity index (χ3n) is 5.66. The zero-order chi connectivity index (χ0) is 25.5. The number of rotatable bonds is 9. The van der Waals surface area contributed by atoms with Crippen LogP contribution in [0.25, 0.3) is 32.8 Å². The Morgan fingerprint density at radius 2 is 1.33 bits per heavy atom. The van der Waals surface area contributed by atoms with Crippen LogP contribution in [0.2, 0.25) is 0 Å². The van der Waals surface area contributed by atoms with Crippen molar-refractivity contribution in [2.75, 3.05) is 13.1 Å². The van der Waals surface area contributed by atoms with Crippen molar-refractivity contribution in [2.24, 2.45) is 0 Å². The topological polar surface area (TPSA) is 119 Å². The van der Waals surface area contributed by atoms with E-state index < -0.39 is 5.60 Å². The van der Waals surface area contributed by atoms with Crippen molar-refractivity contribution in [1.82, 2.24) is 30.6 Å². The van der Waals surface area contributed by atoms with Gasteiger partial charge >= 0.3 is 6.09 Å². The Morgan fingerprint density at radius 1 is 0.778 bits per heavy atom. The van der Waals surface area contributed by atoms with E-state index in [2.05, 4.69) is 30.6 Å². The van der Waals surface area contributed by atoms with E-state index in [0.29, 0.717) is 24.1 Å². The lowest BCUT2D eigenvalue weighted by molar-refractivity contribution is 0.0526. The molecule has 3 aromatic heterocycles. The zero-order valence-electron chi connectivity index (χ0n) is 21.0. The summed E-state index contributed by atoms with van der Waals surface area (Å²) in [6, 6.07) is 7.58. The maximum Gasteiger partial charge on any atom is 0.407 e. The number of amides is 2. The van der Waals surface area contributed by atoms with Crippen molar-refractivity contribution in [3.63, 3.8) is 0 Å². The SMILES string of the molecule is CC(C)(C)OC(=O)NCCCCCCCNC(=O)c1cnc2c3cccnc3c3ncccc3c2n1. The van der Waals surface area contributed by atoms with Crippen LogP contribution in [0, 0.1) is 0 Å². The van der Waals surface area contributed by atoms with Gasteiger partial charge in [0, 0.05) is 36.3 Å². The second kappa shape index (κ2) is 11.2. The van der Waals surface area contributed by atoms with Crippen molar-refractivity contribution >= 4 is 44.8 Å². The number of carbonyl (C=O) groups is 2. The van der Waals surface area contributed by atoms with Gasteiger partial charge in [0.05, 0.1) is 28.3 Å².